The molecule has 1 N–H and O–H groups in total. The van der Waals surface area contributed by atoms with Crippen molar-refractivity contribution in [2.45, 2.75) is 25.9 Å². The van der Waals surface area contributed by atoms with E-state index in [1.54, 1.807) is 23.1 Å². The van der Waals surface area contributed by atoms with E-state index < -0.39 is 12.1 Å². The van der Waals surface area contributed by atoms with Gasteiger partial charge in [-0.3, -0.25) is 4.79 Å². The number of ether oxygens (including phenoxy) is 1. The van der Waals surface area contributed by atoms with E-state index >= 15 is 0 Å². The number of hydrogen-bond acceptors (Lipinski definition) is 3. The second-order valence-corrected chi connectivity index (χ2v) is 5.49. The van der Waals surface area contributed by atoms with E-state index in [1.165, 1.54) is 0 Å². The summed E-state index contributed by atoms with van der Waals surface area (Å²) < 4.78 is 5.44. The van der Waals surface area contributed by atoms with E-state index in [0.29, 0.717) is 17.4 Å². The van der Waals surface area contributed by atoms with Crippen LogP contribution < -0.4 is 9.64 Å². The van der Waals surface area contributed by atoms with Crippen molar-refractivity contribution in [1.29, 1.82) is 0 Å². The molecule has 20 heavy (non-hydrogen) atoms. The number of amides is 1. The SMILES string of the molecule is CC(C(=O)N1CC(C(=O)O)Oc2ccccc21)C1CC1. The number of nitrogens with zero attached hydrogens (tertiary/aromatic N) is 1. The van der Waals surface area contributed by atoms with Crippen LogP contribution in [0, 0.1) is 11.8 Å². The number of benzene rings is 1. The summed E-state index contributed by atoms with van der Waals surface area (Å²) in [5, 5.41) is 9.16. The van der Waals surface area contributed by atoms with Crippen LogP contribution in [0.2, 0.25) is 0 Å². The predicted octanol–water partition coefficient (Wildman–Crippen LogP) is 1.91. The fourth-order valence-corrected chi connectivity index (χ4v) is 2.62. The van der Waals surface area contributed by atoms with Gasteiger partial charge in [-0.05, 0) is 30.9 Å². The molecule has 1 aromatic rings. The zero-order valence-electron chi connectivity index (χ0n) is 11.3. The number of carboxylic acids is 1. The lowest BCUT2D eigenvalue weighted by atomic mass is 10.0. The van der Waals surface area contributed by atoms with Crippen molar-refractivity contribution in [1.82, 2.24) is 0 Å². The molecule has 106 valence electrons. The number of carboxylic acid groups (broad SMARTS) is 1. The molecule has 0 radical (unpaired) electrons. The maximum Gasteiger partial charge on any atom is 0.346 e. The van der Waals surface area contributed by atoms with Crippen LogP contribution in [0.5, 0.6) is 5.75 Å². The highest BCUT2D eigenvalue weighted by molar-refractivity contribution is 5.98. The van der Waals surface area contributed by atoms with Gasteiger partial charge in [0.1, 0.15) is 5.75 Å². The number of anilines is 1. The summed E-state index contributed by atoms with van der Waals surface area (Å²) in [5.41, 5.74) is 0.669. The molecule has 5 heteroatoms. The largest absolute Gasteiger partial charge is 0.478 e. The molecule has 2 aliphatic rings. The number of fused-ring (bicyclic) bond motifs is 1. The molecule has 0 saturated heterocycles. The smallest absolute Gasteiger partial charge is 0.346 e. The van der Waals surface area contributed by atoms with E-state index in [2.05, 4.69) is 0 Å². The first-order chi connectivity index (χ1) is 9.58. The Morgan fingerprint density at radius 1 is 1.35 bits per heavy atom. The van der Waals surface area contributed by atoms with Crippen molar-refractivity contribution in [2.75, 3.05) is 11.4 Å². The third-order valence-corrected chi connectivity index (χ3v) is 4.03. The number of rotatable bonds is 3. The minimum Gasteiger partial charge on any atom is -0.478 e. The summed E-state index contributed by atoms with van der Waals surface area (Å²) >= 11 is 0. The van der Waals surface area contributed by atoms with Crippen LogP contribution in [-0.4, -0.2) is 29.6 Å². The highest BCUT2D eigenvalue weighted by Gasteiger charge is 2.39. The average Bonchev–Trinajstić information content (AvgIpc) is 3.29. The molecule has 0 aromatic heterocycles. The molecule has 5 nitrogen and oxygen atoms in total. The van der Waals surface area contributed by atoms with Crippen molar-refractivity contribution in [3.05, 3.63) is 24.3 Å². The first-order valence-corrected chi connectivity index (χ1v) is 6.88. The van der Waals surface area contributed by atoms with Gasteiger partial charge in [0.25, 0.3) is 0 Å². The quantitative estimate of drug-likeness (QED) is 0.915. The minimum absolute atomic E-state index is 0.00509. The van der Waals surface area contributed by atoms with Crippen molar-refractivity contribution >= 4 is 17.6 Å². The molecule has 1 heterocycles. The van der Waals surface area contributed by atoms with Crippen molar-refractivity contribution < 1.29 is 19.4 Å². The zero-order chi connectivity index (χ0) is 14.3. The van der Waals surface area contributed by atoms with Gasteiger partial charge in [-0.2, -0.15) is 0 Å². The third kappa shape index (κ3) is 2.24. The number of aliphatic carboxylic acids is 1. The molecular weight excluding hydrogens is 258 g/mol. The first kappa shape index (κ1) is 13.0. The van der Waals surface area contributed by atoms with E-state index in [9.17, 15) is 9.59 Å². The van der Waals surface area contributed by atoms with Crippen molar-refractivity contribution in [3.8, 4) is 5.75 Å². The van der Waals surface area contributed by atoms with Crippen LogP contribution in [0.3, 0.4) is 0 Å². The van der Waals surface area contributed by atoms with Crippen molar-refractivity contribution in [3.63, 3.8) is 0 Å². The van der Waals surface area contributed by atoms with Gasteiger partial charge in [0.2, 0.25) is 12.0 Å². The summed E-state index contributed by atoms with van der Waals surface area (Å²) in [5.74, 6) is -0.204. The molecular formula is C15H17NO4. The van der Waals surface area contributed by atoms with Crippen LogP contribution in [0.15, 0.2) is 24.3 Å². The number of carbonyl (C=O) groups is 2. The summed E-state index contributed by atoms with van der Waals surface area (Å²) in [4.78, 5) is 25.3. The highest BCUT2D eigenvalue weighted by Crippen LogP contribution is 2.40. The van der Waals surface area contributed by atoms with Gasteiger partial charge in [-0.25, -0.2) is 4.79 Å². The topological polar surface area (TPSA) is 66.8 Å². The Balaban J connectivity index is 1.91. The zero-order valence-corrected chi connectivity index (χ0v) is 11.3. The molecule has 1 amide bonds. The molecule has 1 aliphatic carbocycles. The van der Waals surface area contributed by atoms with Gasteiger partial charge < -0.3 is 14.7 Å². The standard InChI is InChI=1S/C15H17NO4/c1-9(10-6-7-10)14(17)16-8-13(15(18)19)20-12-5-3-2-4-11(12)16/h2-5,9-10,13H,6-8H2,1H3,(H,18,19). The van der Waals surface area contributed by atoms with E-state index in [4.69, 9.17) is 9.84 Å². The molecule has 2 unspecified atom stereocenters. The second kappa shape index (κ2) is 4.81. The molecule has 1 aromatic carbocycles. The normalized spacial score (nSPS) is 22.6. The first-order valence-electron chi connectivity index (χ1n) is 6.88. The lowest BCUT2D eigenvalue weighted by Gasteiger charge is -2.34. The third-order valence-electron chi connectivity index (χ3n) is 4.03. The Bertz CT molecular complexity index is 553. The Morgan fingerprint density at radius 2 is 2.05 bits per heavy atom. The summed E-state index contributed by atoms with van der Waals surface area (Å²) in [6.45, 7) is 2.00. The van der Waals surface area contributed by atoms with Crippen LogP contribution in [0.1, 0.15) is 19.8 Å². The monoisotopic (exact) mass is 275 g/mol. The number of para-hydroxylation sites is 2. The van der Waals surface area contributed by atoms with Gasteiger partial charge in [0.15, 0.2) is 0 Å². The Morgan fingerprint density at radius 3 is 2.70 bits per heavy atom. The Kier molecular flexibility index (Phi) is 3.12. The molecule has 1 fully saturated rings. The van der Waals surface area contributed by atoms with Crippen LogP contribution in [0.4, 0.5) is 5.69 Å². The van der Waals surface area contributed by atoms with Crippen LogP contribution in [-0.2, 0) is 9.59 Å². The lowest BCUT2D eigenvalue weighted by Crippen LogP contribution is -2.48. The maximum atomic E-state index is 12.6. The molecule has 0 spiro atoms. The van der Waals surface area contributed by atoms with Crippen molar-refractivity contribution in [2.24, 2.45) is 11.8 Å². The van der Waals surface area contributed by atoms with Gasteiger partial charge in [-0.1, -0.05) is 19.1 Å². The number of carbonyl (C=O) groups excluding carboxylic acids is 1. The van der Waals surface area contributed by atoms with E-state index in [1.807, 2.05) is 13.0 Å². The van der Waals surface area contributed by atoms with Gasteiger partial charge in [0, 0.05) is 5.92 Å². The van der Waals surface area contributed by atoms with Crippen LogP contribution >= 0.6 is 0 Å². The molecule has 3 rings (SSSR count). The van der Waals surface area contributed by atoms with Crippen LogP contribution in [0.25, 0.3) is 0 Å². The van der Waals surface area contributed by atoms with Gasteiger partial charge >= 0.3 is 5.97 Å². The molecule has 1 saturated carbocycles. The molecule has 0 bridgehead atoms. The summed E-state index contributed by atoms with van der Waals surface area (Å²) in [7, 11) is 0. The van der Waals surface area contributed by atoms with E-state index in [0.717, 1.165) is 12.8 Å². The Hall–Kier alpha value is -2.04. The van der Waals surface area contributed by atoms with Gasteiger partial charge in [-0.15, -0.1) is 0 Å². The molecule has 2 atom stereocenters. The average molecular weight is 275 g/mol. The number of hydrogen-bond donors (Lipinski definition) is 1. The minimum atomic E-state index is -1.05. The fourth-order valence-electron chi connectivity index (χ4n) is 2.62. The second-order valence-electron chi connectivity index (χ2n) is 5.49. The summed E-state index contributed by atoms with van der Waals surface area (Å²) in [6.07, 6.45) is 1.17. The fraction of sp³-hybridized carbons (Fsp3) is 0.467. The lowest BCUT2D eigenvalue weighted by molar-refractivity contribution is -0.145. The summed E-state index contributed by atoms with van der Waals surface area (Å²) in [6, 6.07) is 7.10. The Labute approximate surface area is 117 Å². The predicted molar refractivity (Wildman–Crippen MR) is 72.7 cm³/mol. The van der Waals surface area contributed by atoms with E-state index in [-0.39, 0.29) is 18.4 Å². The molecule has 1 aliphatic heterocycles. The van der Waals surface area contributed by atoms with Gasteiger partial charge in [0.05, 0.1) is 12.2 Å². The maximum absolute atomic E-state index is 12.6. The highest BCUT2D eigenvalue weighted by atomic mass is 16.5.